The summed E-state index contributed by atoms with van der Waals surface area (Å²) in [5.74, 6) is 0.286. The molecule has 0 saturated carbocycles. The fraction of sp³-hybridized carbons (Fsp3) is 0.390. The maximum Gasteiger partial charge on any atom is 0.164 e. The molecule has 0 amide bonds. The first-order valence-corrected chi connectivity index (χ1v) is 16.5. The number of aliphatic hydroxyl groups excluding tert-OH is 1. The number of rotatable bonds is 9. The Labute approximate surface area is 294 Å². The molecule has 1 N–H and O–H groups in total. The van der Waals surface area contributed by atoms with Gasteiger partial charge in [0.15, 0.2) is 11.4 Å². The number of fused-ring (bicyclic) bond motifs is 2. The molecule has 0 aliphatic carbocycles. The van der Waals surface area contributed by atoms with Crippen molar-refractivity contribution < 1.29 is 34.4 Å². The van der Waals surface area contributed by atoms with Gasteiger partial charge in [0.1, 0.15) is 17.5 Å². The zero-order chi connectivity index (χ0) is 33.7. The van der Waals surface area contributed by atoms with E-state index >= 15 is 0 Å². The van der Waals surface area contributed by atoms with Crippen LogP contribution in [0.2, 0.25) is 0 Å². The summed E-state index contributed by atoms with van der Waals surface area (Å²) in [6.07, 6.45) is 10.1. The van der Waals surface area contributed by atoms with Crippen LogP contribution in [0.1, 0.15) is 93.6 Å². The number of aromatic nitrogens is 2. The smallest absolute Gasteiger partial charge is 0.164 e. The summed E-state index contributed by atoms with van der Waals surface area (Å²) in [6.45, 7) is 18.8. The van der Waals surface area contributed by atoms with Crippen molar-refractivity contribution in [2.75, 3.05) is 0 Å². The Balaban J connectivity index is 0.000000290. The van der Waals surface area contributed by atoms with Crippen molar-refractivity contribution in [3.8, 4) is 22.4 Å². The second kappa shape index (κ2) is 15.5. The molecule has 2 aromatic carbocycles. The molecule has 0 unspecified atom stereocenters. The number of furan rings is 1. The van der Waals surface area contributed by atoms with E-state index < -0.39 is 0 Å². The number of benzene rings is 2. The van der Waals surface area contributed by atoms with Gasteiger partial charge in [-0.25, -0.2) is 0 Å². The Bertz CT molecular complexity index is 1840. The summed E-state index contributed by atoms with van der Waals surface area (Å²) in [5.41, 5.74) is 6.26. The van der Waals surface area contributed by atoms with E-state index in [-0.39, 0.29) is 47.9 Å². The Kier molecular flexibility index (Phi) is 12.5. The minimum absolute atomic E-state index is 0. The summed E-state index contributed by atoms with van der Waals surface area (Å²) >= 11 is 0. The second-order valence-corrected chi connectivity index (χ2v) is 13.8. The van der Waals surface area contributed by atoms with E-state index in [1.165, 1.54) is 17.0 Å². The van der Waals surface area contributed by atoms with E-state index in [0.29, 0.717) is 0 Å². The largest absolute Gasteiger partial charge is 0.512 e. The van der Waals surface area contributed by atoms with Crippen molar-refractivity contribution >= 4 is 27.7 Å². The molecule has 5 rings (SSSR count). The number of nitrogens with zero attached hydrogens (tertiary/aromatic N) is 2. The Morgan fingerprint density at radius 3 is 2.15 bits per heavy atom. The number of ketones is 1. The molecule has 1 radical (unpaired) electrons. The van der Waals surface area contributed by atoms with Gasteiger partial charge in [-0.15, -0.1) is 29.1 Å². The van der Waals surface area contributed by atoms with Crippen molar-refractivity contribution in [1.82, 2.24) is 9.97 Å². The summed E-state index contributed by atoms with van der Waals surface area (Å²) < 4.78 is 5.68. The predicted molar refractivity (Wildman–Crippen MR) is 191 cm³/mol. The summed E-state index contributed by atoms with van der Waals surface area (Å²) in [7, 11) is 0. The predicted octanol–water partition coefficient (Wildman–Crippen LogP) is 11.5. The molecule has 0 spiro atoms. The molecule has 5 aromatic rings. The molecule has 3 aromatic heterocycles. The molecule has 0 bridgehead atoms. The number of carbonyl (C=O) groups excluding carboxylic acids is 1. The first-order valence-electron chi connectivity index (χ1n) is 16.5. The number of hydrogen-bond acceptors (Lipinski definition) is 5. The standard InChI is InChI=1S/C26H21N2O.C15H28O2.Ir/c1-26(2,3)22-14-19(13-17-7-4-5-8-20(17)22)23-15-18(10-12-27-23)21-16-29-24-9-6-11-28-25(21)24;1-7-14(5,8-2)12(16)11-13(17)15(6,9-3)10-4;/h4-12,14-16H,1-3H3;11,16H,7-10H2,1-6H3;/q-1;;/b;12-11-;. The molecule has 5 nitrogen and oxygen atoms in total. The van der Waals surface area contributed by atoms with Gasteiger partial charge in [-0.05, 0) is 54.9 Å². The molecule has 0 saturated heterocycles. The second-order valence-electron chi connectivity index (χ2n) is 13.8. The SMILES string of the molecule is CC(C)(C)c1cc(-c2cc(-c3coc4cccnc34)ccn2)[c-]c2ccccc12.CCC(C)(CC)C(=O)/C=C(\O)C(C)(CC)CC.[Ir]. The average molecular weight is 810 g/mol. The molecule has 3 heterocycles. The Hall–Kier alpha value is -3.60. The first-order chi connectivity index (χ1) is 21.8. The maximum atomic E-state index is 12.2. The molecule has 6 heteroatoms. The topological polar surface area (TPSA) is 76.2 Å². The monoisotopic (exact) mass is 810 g/mol. The molecular weight excluding hydrogens is 761 g/mol. The fourth-order valence-corrected chi connectivity index (χ4v) is 5.49. The zero-order valence-electron chi connectivity index (χ0n) is 29.3. The molecule has 0 aliphatic heterocycles. The summed E-state index contributed by atoms with van der Waals surface area (Å²) in [6, 6.07) is 22.1. The third kappa shape index (κ3) is 8.28. The number of aliphatic hydroxyl groups is 1. The van der Waals surface area contributed by atoms with Crippen LogP contribution in [-0.2, 0) is 30.3 Å². The minimum Gasteiger partial charge on any atom is -0.512 e. The number of carbonyl (C=O) groups is 1. The number of pyridine rings is 2. The van der Waals surface area contributed by atoms with E-state index in [9.17, 15) is 9.90 Å². The van der Waals surface area contributed by atoms with Crippen LogP contribution in [-0.4, -0.2) is 20.9 Å². The van der Waals surface area contributed by atoms with Crippen LogP contribution in [0.25, 0.3) is 44.3 Å². The summed E-state index contributed by atoms with van der Waals surface area (Å²) in [5, 5.41) is 12.5. The van der Waals surface area contributed by atoms with Gasteiger partial charge in [-0.2, -0.15) is 0 Å². The van der Waals surface area contributed by atoms with E-state index in [1.54, 1.807) is 12.5 Å². The molecule has 0 aliphatic rings. The minimum atomic E-state index is -0.337. The zero-order valence-corrected chi connectivity index (χ0v) is 31.7. The molecule has 0 fully saturated rings. The number of hydrogen-bond donors (Lipinski definition) is 1. The van der Waals surface area contributed by atoms with Gasteiger partial charge in [0.05, 0.1) is 0 Å². The molecule has 0 atom stereocenters. The molecule has 251 valence electrons. The Morgan fingerprint density at radius 2 is 1.51 bits per heavy atom. The van der Waals surface area contributed by atoms with Gasteiger partial charge in [0, 0.05) is 60.7 Å². The van der Waals surface area contributed by atoms with E-state index in [1.807, 2.05) is 65.9 Å². The van der Waals surface area contributed by atoms with Crippen molar-refractivity contribution in [2.45, 2.75) is 93.4 Å². The van der Waals surface area contributed by atoms with Crippen LogP contribution in [0, 0.1) is 16.9 Å². The fourth-order valence-electron chi connectivity index (χ4n) is 5.49. The average Bonchev–Trinajstić information content (AvgIpc) is 3.51. The third-order valence-electron chi connectivity index (χ3n) is 9.86. The van der Waals surface area contributed by atoms with Gasteiger partial charge in [-0.1, -0.05) is 97.5 Å². The van der Waals surface area contributed by atoms with E-state index in [0.717, 1.165) is 64.6 Å². The van der Waals surface area contributed by atoms with E-state index in [2.05, 4.69) is 73.2 Å². The van der Waals surface area contributed by atoms with Crippen LogP contribution in [0.3, 0.4) is 0 Å². The van der Waals surface area contributed by atoms with Gasteiger partial charge in [-0.3, -0.25) is 14.8 Å². The normalized spacial score (nSPS) is 12.4. The third-order valence-corrected chi connectivity index (χ3v) is 9.86. The van der Waals surface area contributed by atoms with Gasteiger partial charge >= 0.3 is 0 Å². The van der Waals surface area contributed by atoms with Gasteiger partial charge in [0.2, 0.25) is 0 Å². The van der Waals surface area contributed by atoms with Crippen LogP contribution >= 0.6 is 0 Å². The first kappa shape index (κ1) is 37.9. The van der Waals surface area contributed by atoms with Crippen molar-refractivity contribution in [1.29, 1.82) is 0 Å². The van der Waals surface area contributed by atoms with E-state index in [4.69, 9.17) is 4.42 Å². The van der Waals surface area contributed by atoms with Crippen LogP contribution < -0.4 is 0 Å². The van der Waals surface area contributed by atoms with Crippen LogP contribution in [0.15, 0.2) is 89.5 Å². The Morgan fingerprint density at radius 1 is 0.851 bits per heavy atom. The van der Waals surface area contributed by atoms with Crippen LogP contribution in [0.4, 0.5) is 0 Å². The summed E-state index contributed by atoms with van der Waals surface area (Å²) in [4.78, 5) is 21.3. The maximum absolute atomic E-state index is 12.2. The quantitative estimate of drug-likeness (QED) is 0.0912. The van der Waals surface area contributed by atoms with Crippen molar-refractivity contribution in [3.63, 3.8) is 0 Å². The van der Waals surface area contributed by atoms with Gasteiger partial charge < -0.3 is 9.52 Å². The number of allylic oxidation sites excluding steroid dienone is 2. The van der Waals surface area contributed by atoms with Crippen LogP contribution in [0.5, 0.6) is 0 Å². The molecule has 47 heavy (non-hydrogen) atoms. The van der Waals surface area contributed by atoms with Crippen molar-refractivity contribution in [3.05, 3.63) is 96.7 Å². The van der Waals surface area contributed by atoms with Gasteiger partial charge in [0.25, 0.3) is 0 Å². The van der Waals surface area contributed by atoms with Crippen molar-refractivity contribution in [2.24, 2.45) is 10.8 Å². The molecular formula is C41H49IrN2O3-.